The molecule has 0 radical (unpaired) electrons. The van der Waals surface area contributed by atoms with Gasteiger partial charge in [0, 0.05) is 23.9 Å². The molecule has 3 N–H and O–H groups in total. The summed E-state index contributed by atoms with van der Waals surface area (Å²) in [5, 5.41) is 25.4. The summed E-state index contributed by atoms with van der Waals surface area (Å²) in [5.74, 6) is 0. The molecule has 0 spiro atoms. The van der Waals surface area contributed by atoms with Gasteiger partial charge in [0.15, 0.2) is 0 Å². The predicted octanol–water partition coefficient (Wildman–Crippen LogP) is 0.973. The van der Waals surface area contributed by atoms with Gasteiger partial charge in [-0.2, -0.15) is 5.10 Å². The van der Waals surface area contributed by atoms with E-state index >= 15 is 0 Å². The Balaban J connectivity index is 1.42. The number of nitrogens with zero attached hydrogens (tertiary/aromatic N) is 2. The number of carbonyl (C=O) groups excluding carboxylic acids is 1. The van der Waals surface area contributed by atoms with Crippen molar-refractivity contribution >= 4 is 18.7 Å². The molecular formula is C17H22BN3O4. The van der Waals surface area contributed by atoms with Crippen molar-refractivity contribution < 1.29 is 19.6 Å². The summed E-state index contributed by atoms with van der Waals surface area (Å²) in [5.41, 5.74) is 1.35. The van der Waals surface area contributed by atoms with E-state index in [-0.39, 0.29) is 18.7 Å². The minimum atomic E-state index is -1.49. The molecule has 1 heterocycles. The van der Waals surface area contributed by atoms with Crippen LogP contribution in [0.25, 0.3) is 0 Å². The van der Waals surface area contributed by atoms with Crippen molar-refractivity contribution in [1.82, 2.24) is 15.1 Å². The van der Waals surface area contributed by atoms with Gasteiger partial charge in [-0.05, 0) is 31.2 Å². The van der Waals surface area contributed by atoms with Crippen molar-refractivity contribution in [2.24, 2.45) is 0 Å². The van der Waals surface area contributed by atoms with Gasteiger partial charge in [-0.1, -0.05) is 30.3 Å². The first-order valence-electron chi connectivity index (χ1n) is 8.49. The number of hydrogen-bond acceptors (Lipinski definition) is 5. The molecule has 1 aromatic heterocycles. The Bertz CT molecular complexity index is 684. The second kappa shape index (κ2) is 8.18. The maximum absolute atomic E-state index is 11.9. The summed E-state index contributed by atoms with van der Waals surface area (Å²) in [7, 11) is -1.49. The van der Waals surface area contributed by atoms with Gasteiger partial charge >= 0.3 is 13.2 Å². The molecule has 1 aromatic carbocycles. The number of aromatic nitrogens is 2. The third-order valence-electron chi connectivity index (χ3n) is 4.53. The van der Waals surface area contributed by atoms with Gasteiger partial charge in [-0.15, -0.1) is 0 Å². The first kappa shape index (κ1) is 17.5. The first-order valence-corrected chi connectivity index (χ1v) is 8.49. The van der Waals surface area contributed by atoms with Crippen LogP contribution in [0, 0.1) is 0 Å². The predicted molar refractivity (Wildman–Crippen MR) is 93.1 cm³/mol. The number of amides is 1. The SMILES string of the molecule is O=C(NC1CCC(n2cc(B(O)O)cn2)CC1)OCc1ccccc1. The number of benzene rings is 1. The molecule has 2 aromatic rings. The highest BCUT2D eigenvalue weighted by Crippen LogP contribution is 2.27. The van der Waals surface area contributed by atoms with E-state index in [2.05, 4.69) is 10.4 Å². The number of nitrogens with one attached hydrogen (secondary N) is 1. The molecule has 1 aliphatic rings. The molecule has 1 fully saturated rings. The van der Waals surface area contributed by atoms with Crippen molar-refractivity contribution in [1.29, 1.82) is 0 Å². The van der Waals surface area contributed by atoms with Crippen molar-refractivity contribution in [2.75, 3.05) is 0 Å². The highest BCUT2D eigenvalue weighted by atomic mass is 16.5. The molecule has 8 heteroatoms. The Morgan fingerprint density at radius 1 is 1.24 bits per heavy atom. The highest BCUT2D eigenvalue weighted by Gasteiger charge is 2.25. The molecule has 1 amide bonds. The number of ether oxygens (including phenoxy) is 1. The summed E-state index contributed by atoms with van der Waals surface area (Å²) in [6.45, 7) is 0.265. The lowest BCUT2D eigenvalue weighted by molar-refractivity contribution is 0.131. The van der Waals surface area contributed by atoms with Gasteiger partial charge < -0.3 is 20.1 Å². The molecule has 7 nitrogen and oxygen atoms in total. The third-order valence-corrected chi connectivity index (χ3v) is 4.53. The van der Waals surface area contributed by atoms with E-state index in [1.165, 1.54) is 6.20 Å². The van der Waals surface area contributed by atoms with E-state index in [4.69, 9.17) is 14.8 Å². The van der Waals surface area contributed by atoms with E-state index in [1.54, 1.807) is 10.9 Å². The van der Waals surface area contributed by atoms with Crippen molar-refractivity contribution in [2.45, 2.75) is 44.4 Å². The Kier molecular flexibility index (Phi) is 5.73. The van der Waals surface area contributed by atoms with Crippen LogP contribution in [0.4, 0.5) is 4.79 Å². The van der Waals surface area contributed by atoms with Crippen LogP contribution >= 0.6 is 0 Å². The van der Waals surface area contributed by atoms with E-state index < -0.39 is 13.2 Å². The smallest absolute Gasteiger partial charge is 0.445 e. The Morgan fingerprint density at radius 3 is 2.60 bits per heavy atom. The average Bonchev–Trinajstić information content (AvgIpc) is 3.12. The van der Waals surface area contributed by atoms with Crippen LogP contribution in [0.15, 0.2) is 42.7 Å². The zero-order valence-corrected chi connectivity index (χ0v) is 13.9. The number of alkyl carbamates (subject to hydrolysis) is 1. The highest BCUT2D eigenvalue weighted by molar-refractivity contribution is 6.58. The quantitative estimate of drug-likeness (QED) is 0.703. The molecule has 0 unspecified atom stereocenters. The van der Waals surface area contributed by atoms with Crippen LogP contribution in [0.1, 0.15) is 37.3 Å². The van der Waals surface area contributed by atoms with E-state index in [9.17, 15) is 4.79 Å². The molecule has 3 rings (SSSR count). The molecule has 0 aliphatic heterocycles. The van der Waals surface area contributed by atoms with Crippen LogP contribution in [-0.2, 0) is 11.3 Å². The number of rotatable bonds is 5. The number of carbonyl (C=O) groups is 1. The van der Waals surface area contributed by atoms with Gasteiger partial charge in [0.25, 0.3) is 0 Å². The molecule has 0 bridgehead atoms. The largest absolute Gasteiger partial charge is 0.491 e. The fourth-order valence-electron chi connectivity index (χ4n) is 3.10. The lowest BCUT2D eigenvalue weighted by atomic mass is 9.83. The summed E-state index contributed by atoms with van der Waals surface area (Å²) >= 11 is 0. The van der Waals surface area contributed by atoms with Gasteiger partial charge in [0.1, 0.15) is 6.61 Å². The molecule has 25 heavy (non-hydrogen) atoms. The number of hydrogen-bond donors (Lipinski definition) is 3. The summed E-state index contributed by atoms with van der Waals surface area (Å²) in [6.07, 6.45) is 6.15. The minimum Gasteiger partial charge on any atom is -0.445 e. The normalized spacial score (nSPS) is 20.1. The van der Waals surface area contributed by atoms with E-state index in [1.807, 2.05) is 30.3 Å². The van der Waals surface area contributed by atoms with Crippen LogP contribution in [-0.4, -0.2) is 39.1 Å². The topological polar surface area (TPSA) is 96.6 Å². The maximum atomic E-state index is 11.9. The lowest BCUT2D eigenvalue weighted by Gasteiger charge is -2.29. The Hall–Kier alpha value is -2.32. The van der Waals surface area contributed by atoms with E-state index in [0.29, 0.717) is 5.46 Å². The summed E-state index contributed by atoms with van der Waals surface area (Å²) in [6, 6.07) is 9.89. The molecule has 0 atom stereocenters. The van der Waals surface area contributed by atoms with Crippen LogP contribution in [0.5, 0.6) is 0 Å². The van der Waals surface area contributed by atoms with Crippen LogP contribution in [0.2, 0.25) is 0 Å². The Morgan fingerprint density at radius 2 is 1.96 bits per heavy atom. The molecule has 0 saturated heterocycles. The second-order valence-electron chi connectivity index (χ2n) is 6.34. The van der Waals surface area contributed by atoms with Crippen molar-refractivity contribution in [3.05, 3.63) is 48.3 Å². The van der Waals surface area contributed by atoms with Crippen molar-refractivity contribution in [3.63, 3.8) is 0 Å². The second-order valence-corrected chi connectivity index (χ2v) is 6.34. The average molecular weight is 343 g/mol. The minimum absolute atomic E-state index is 0.0954. The standard InChI is InChI=1S/C17H22BN3O4/c22-17(25-12-13-4-2-1-3-5-13)20-15-6-8-16(9-7-15)21-11-14(10-19-21)18(23)24/h1-5,10-11,15-16,23-24H,6-9,12H2,(H,20,22). The maximum Gasteiger partial charge on any atom is 0.491 e. The molecule has 1 saturated carbocycles. The third kappa shape index (κ3) is 4.84. The van der Waals surface area contributed by atoms with Gasteiger partial charge in [-0.25, -0.2) is 4.79 Å². The zero-order valence-electron chi connectivity index (χ0n) is 13.9. The first-order chi connectivity index (χ1) is 12.1. The van der Waals surface area contributed by atoms with E-state index in [0.717, 1.165) is 31.2 Å². The Labute approximate surface area is 146 Å². The monoisotopic (exact) mass is 343 g/mol. The summed E-state index contributed by atoms with van der Waals surface area (Å²) in [4.78, 5) is 11.9. The molecular weight excluding hydrogens is 321 g/mol. The van der Waals surface area contributed by atoms with Gasteiger partial charge in [0.05, 0.1) is 6.04 Å². The summed E-state index contributed by atoms with van der Waals surface area (Å²) < 4.78 is 7.03. The van der Waals surface area contributed by atoms with Crippen LogP contribution < -0.4 is 10.8 Å². The van der Waals surface area contributed by atoms with Gasteiger partial charge in [0.2, 0.25) is 0 Å². The lowest BCUT2D eigenvalue weighted by Crippen LogP contribution is -2.38. The van der Waals surface area contributed by atoms with Crippen molar-refractivity contribution in [3.8, 4) is 0 Å². The van der Waals surface area contributed by atoms with Gasteiger partial charge in [-0.3, -0.25) is 4.68 Å². The zero-order chi connectivity index (χ0) is 17.6. The van der Waals surface area contributed by atoms with Crippen LogP contribution in [0.3, 0.4) is 0 Å². The fourth-order valence-corrected chi connectivity index (χ4v) is 3.10. The molecule has 132 valence electrons. The fraction of sp³-hybridized carbons (Fsp3) is 0.412. The molecule has 1 aliphatic carbocycles.